The fourth-order valence-electron chi connectivity index (χ4n) is 2.93. The van der Waals surface area contributed by atoms with Crippen LogP contribution in [0.1, 0.15) is 32.1 Å². The lowest BCUT2D eigenvalue weighted by molar-refractivity contribution is -0.118. The third-order valence-corrected chi connectivity index (χ3v) is 4.07. The summed E-state index contributed by atoms with van der Waals surface area (Å²) in [5, 5.41) is 10.3. The standard InChI is InChI=1S/C19H19NO5/c1-3-14(21)16-17(15-6-5-11-25-15)20(19(23)18(16)22)12-7-9-13(10-8-12)24-4-2/h5-11,17,22H,3-4H2,1-2H3. The molecule has 25 heavy (non-hydrogen) atoms. The third-order valence-electron chi connectivity index (χ3n) is 4.07. The van der Waals surface area contributed by atoms with Crippen molar-refractivity contribution in [2.45, 2.75) is 26.3 Å². The number of carbonyl (C=O) groups excluding carboxylic acids is 2. The lowest BCUT2D eigenvalue weighted by Crippen LogP contribution is -2.30. The van der Waals surface area contributed by atoms with Gasteiger partial charge in [0.1, 0.15) is 17.6 Å². The number of anilines is 1. The third kappa shape index (κ3) is 2.91. The molecule has 0 saturated carbocycles. The van der Waals surface area contributed by atoms with Crippen LogP contribution in [-0.4, -0.2) is 23.4 Å². The first-order chi connectivity index (χ1) is 12.1. The molecule has 0 aliphatic carbocycles. The highest BCUT2D eigenvalue weighted by Crippen LogP contribution is 2.41. The van der Waals surface area contributed by atoms with Crippen LogP contribution in [0, 0.1) is 0 Å². The van der Waals surface area contributed by atoms with E-state index in [2.05, 4.69) is 0 Å². The lowest BCUT2D eigenvalue weighted by atomic mass is 9.99. The minimum Gasteiger partial charge on any atom is -0.503 e. The van der Waals surface area contributed by atoms with Crippen LogP contribution < -0.4 is 9.64 Å². The molecular weight excluding hydrogens is 322 g/mol. The highest BCUT2D eigenvalue weighted by Gasteiger charge is 2.45. The van der Waals surface area contributed by atoms with Crippen LogP contribution in [-0.2, 0) is 9.59 Å². The number of hydrogen-bond acceptors (Lipinski definition) is 5. The van der Waals surface area contributed by atoms with E-state index < -0.39 is 17.7 Å². The molecule has 3 rings (SSSR count). The Morgan fingerprint density at radius 1 is 1.24 bits per heavy atom. The highest BCUT2D eigenvalue weighted by molar-refractivity contribution is 6.16. The van der Waals surface area contributed by atoms with E-state index in [-0.39, 0.29) is 17.8 Å². The molecule has 0 fully saturated rings. The average Bonchev–Trinajstić information content (AvgIpc) is 3.23. The van der Waals surface area contributed by atoms with Gasteiger partial charge in [-0.3, -0.25) is 14.5 Å². The van der Waals surface area contributed by atoms with Crippen LogP contribution in [0.4, 0.5) is 5.69 Å². The SMILES string of the molecule is CCOc1ccc(N2C(=O)C(O)=C(C(=O)CC)C2c2ccco2)cc1. The molecule has 0 bridgehead atoms. The van der Waals surface area contributed by atoms with Crippen molar-refractivity contribution in [2.75, 3.05) is 11.5 Å². The van der Waals surface area contributed by atoms with Gasteiger partial charge in [-0.2, -0.15) is 0 Å². The highest BCUT2D eigenvalue weighted by atomic mass is 16.5. The topological polar surface area (TPSA) is 80.0 Å². The first kappa shape index (κ1) is 16.8. The lowest BCUT2D eigenvalue weighted by Gasteiger charge is -2.25. The molecule has 130 valence electrons. The molecule has 1 N–H and O–H groups in total. The number of nitrogens with zero attached hydrogens (tertiary/aromatic N) is 1. The van der Waals surface area contributed by atoms with Crippen molar-refractivity contribution in [2.24, 2.45) is 0 Å². The number of aliphatic hydroxyl groups excluding tert-OH is 1. The monoisotopic (exact) mass is 341 g/mol. The summed E-state index contributed by atoms with van der Waals surface area (Å²) in [6, 6.07) is 9.48. The van der Waals surface area contributed by atoms with Gasteiger partial charge in [0, 0.05) is 12.1 Å². The quantitative estimate of drug-likeness (QED) is 0.869. The molecule has 1 aliphatic heterocycles. The molecule has 0 spiro atoms. The second-order valence-electron chi connectivity index (χ2n) is 5.56. The first-order valence-corrected chi connectivity index (χ1v) is 8.14. The number of carbonyl (C=O) groups is 2. The van der Waals surface area contributed by atoms with E-state index in [1.165, 1.54) is 11.2 Å². The van der Waals surface area contributed by atoms with Crippen molar-refractivity contribution in [3.05, 3.63) is 59.8 Å². The zero-order valence-electron chi connectivity index (χ0n) is 14.1. The molecule has 0 saturated heterocycles. The molecule has 1 aromatic carbocycles. The van der Waals surface area contributed by atoms with Crippen molar-refractivity contribution in [3.8, 4) is 5.75 Å². The fraction of sp³-hybridized carbons (Fsp3) is 0.263. The van der Waals surface area contributed by atoms with Gasteiger partial charge in [0.05, 0.1) is 18.4 Å². The number of ketones is 1. The Balaban J connectivity index is 2.06. The van der Waals surface area contributed by atoms with Crippen LogP contribution in [0.2, 0.25) is 0 Å². The van der Waals surface area contributed by atoms with Crippen molar-refractivity contribution in [3.63, 3.8) is 0 Å². The molecule has 0 radical (unpaired) electrons. The van der Waals surface area contributed by atoms with Gasteiger partial charge >= 0.3 is 0 Å². The molecule has 1 unspecified atom stereocenters. The second kappa shape index (κ2) is 6.84. The number of hydrogen-bond donors (Lipinski definition) is 1. The van der Waals surface area contributed by atoms with Gasteiger partial charge in [-0.1, -0.05) is 6.92 Å². The molecule has 6 nitrogen and oxygen atoms in total. The van der Waals surface area contributed by atoms with Crippen LogP contribution in [0.3, 0.4) is 0 Å². The number of aliphatic hydroxyl groups is 1. The summed E-state index contributed by atoms with van der Waals surface area (Å²) in [5.41, 5.74) is 0.608. The van der Waals surface area contributed by atoms with Crippen LogP contribution in [0.25, 0.3) is 0 Å². The van der Waals surface area contributed by atoms with E-state index in [4.69, 9.17) is 9.15 Å². The summed E-state index contributed by atoms with van der Waals surface area (Å²) in [4.78, 5) is 26.3. The molecule has 2 aromatic rings. The van der Waals surface area contributed by atoms with Gasteiger partial charge in [0.15, 0.2) is 11.5 Å². The minimum absolute atomic E-state index is 0.0661. The van der Waals surface area contributed by atoms with Crippen molar-refractivity contribution in [1.29, 1.82) is 0 Å². The number of furan rings is 1. The zero-order valence-corrected chi connectivity index (χ0v) is 14.1. The zero-order chi connectivity index (χ0) is 18.0. The summed E-state index contributed by atoms with van der Waals surface area (Å²) in [6.07, 6.45) is 1.65. The molecule has 1 aromatic heterocycles. The Labute approximate surface area is 145 Å². The van der Waals surface area contributed by atoms with E-state index in [9.17, 15) is 14.7 Å². The van der Waals surface area contributed by atoms with Crippen molar-refractivity contribution < 1.29 is 23.8 Å². The van der Waals surface area contributed by atoms with Gasteiger partial charge in [0.2, 0.25) is 0 Å². The van der Waals surface area contributed by atoms with Gasteiger partial charge < -0.3 is 14.3 Å². The summed E-state index contributed by atoms with van der Waals surface area (Å²) in [6.45, 7) is 4.11. The maximum atomic E-state index is 12.6. The number of amides is 1. The van der Waals surface area contributed by atoms with Crippen LogP contribution in [0.5, 0.6) is 5.75 Å². The molecule has 1 atom stereocenters. The van der Waals surface area contributed by atoms with Crippen molar-refractivity contribution >= 4 is 17.4 Å². The van der Waals surface area contributed by atoms with Gasteiger partial charge in [-0.05, 0) is 43.3 Å². The average molecular weight is 341 g/mol. The molecule has 1 amide bonds. The number of benzene rings is 1. The largest absolute Gasteiger partial charge is 0.503 e. The van der Waals surface area contributed by atoms with E-state index in [0.29, 0.717) is 23.8 Å². The Bertz CT molecular complexity index is 805. The molecule has 2 heterocycles. The smallest absolute Gasteiger partial charge is 0.294 e. The van der Waals surface area contributed by atoms with E-state index >= 15 is 0 Å². The molecular formula is C19H19NO5. The Hall–Kier alpha value is -3.02. The minimum atomic E-state index is -0.784. The predicted molar refractivity (Wildman–Crippen MR) is 91.5 cm³/mol. The van der Waals surface area contributed by atoms with Gasteiger partial charge in [-0.25, -0.2) is 0 Å². The Morgan fingerprint density at radius 3 is 2.52 bits per heavy atom. The first-order valence-electron chi connectivity index (χ1n) is 8.14. The van der Waals surface area contributed by atoms with Crippen LogP contribution >= 0.6 is 0 Å². The second-order valence-corrected chi connectivity index (χ2v) is 5.56. The number of ether oxygens (including phenoxy) is 1. The summed E-state index contributed by atoms with van der Waals surface area (Å²) >= 11 is 0. The van der Waals surface area contributed by atoms with Crippen LogP contribution in [0.15, 0.2) is 58.4 Å². The Kier molecular flexibility index (Phi) is 4.61. The van der Waals surface area contributed by atoms with E-state index in [0.717, 1.165) is 0 Å². The maximum Gasteiger partial charge on any atom is 0.294 e. The molecule has 1 aliphatic rings. The van der Waals surface area contributed by atoms with Gasteiger partial charge in [-0.15, -0.1) is 0 Å². The number of Topliss-reactive ketones (excluding diaryl/α,β-unsaturated/α-hetero) is 1. The summed E-state index contributed by atoms with van der Waals surface area (Å²) in [5.74, 6) is -0.345. The predicted octanol–water partition coefficient (Wildman–Crippen LogP) is 3.56. The maximum absolute atomic E-state index is 12.6. The van der Waals surface area contributed by atoms with E-state index in [1.807, 2.05) is 6.92 Å². The van der Waals surface area contributed by atoms with E-state index in [1.54, 1.807) is 43.3 Å². The van der Waals surface area contributed by atoms with Gasteiger partial charge in [0.25, 0.3) is 5.91 Å². The summed E-state index contributed by atoms with van der Waals surface area (Å²) in [7, 11) is 0. The fourth-order valence-corrected chi connectivity index (χ4v) is 2.93. The van der Waals surface area contributed by atoms with Crippen molar-refractivity contribution in [1.82, 2.24) is 0 Å². The Morgan fingerprint density at radius 2 is 1.96 bits per heavy atom. The number of rotatable bonds is 6. The normalized spacial score (nSPS) is 17.3. The summed E-state index contributed by atoms with van der Waals surface area (Å²) < 4.78 is 10.8. The molecule has 6 heteroatoms.